The smallest absolute Gasteiger partial charge is 0.328 e. The summed E-state index contributed by atoms with van der Waals surface area (Å²) >= 11 is 2.97. The third kappa shape index (κ3) is 2.82. The first-order valence-electron chi connectivity index (χ1n) is 5.91. The highest BCUT2D eigenvalue weighted by atomic mass is 79.9. The van der Waals surface area contributed by atoms with Gasteiger partial charge in [0.25, 0.3) is 5.56 Å². The molecule has 0 radical (unpaired) electrons. The number of rotatable bonds is 3. The van der Waals surface area contributed by atoms with Crippen molar-refractivity contribution >= 4 is 27.8 Å². The molecule has 20 heavy (non-hydrogen) atoms. The Kier molecular flexibility index (Phi) is 4.07. The van der Waals surface area contributed by atoms with Crippen molar-refractivity contribution in [2.45, 2.75) is 25.4 Å². The van der Waals surface area contributed by atoms with Crippen LogP contribution in [0.25, 0.3) is 0 Å². The maximum Gasteiger partial charge on any atom is 0.328 e. The minimum atomic E-state index is -1.05. The first-order chi connectivity index (χ1) is 9.40. The number of amides is 1. The highest BCUT2D eigenvalue weighted by Gasteiger charge is 2.33. The molecule has 1 aromatic rings. The lowest BCUT2D eigenvalue weighted by Gasteiger charge is -2.21. The number of carboxylic acid groups (broad SMARTS) is 1. The Labute approximate surface area is 121 Å². The highest BCUT2D eigenvalue weighted by Crippen LogP contribution is 2.17. The minimum Gasteiger partial charge on any atom is -0.480 e. The number of hydrogen-bond acceptors (Lipinski definition) is 4. The lowest BCUT2D eigenvalue weighted by atomic mass is 10.2. The van der Waals surface area contributed by atoms with Gasteiger partial charge in [-0.15, -0.1) is 0 Å². The summed E-state index contributed by atoms with van der Waals surface area (Å²) in [5, 5.41) is 9.02. The van der Waals surface area contributed by atoms with Crippen molar-refractivity contribution in [3.63, 3.8) is 0 Å². The number of carbonyl (C=O) groups is 2. The van der Waals surface area contributed by atoms with Gasteiger partial charge >= 0.3 is 11.7 Å². The largest absolute Gasteiger partial charge is 0.480 e. The maximum absolute atomic E-state index is 12.1. The highest BCUT2D eigenvalue weighted by molar-refractivity contribution is 9.10. The molecule has 1 aliphatic heterocycles. The number of H-pyrrole nitrogens is 1. The zero-order chi connectivity index (χ0) is 14.9. The van der Waals surface area contributed by atoms with E-state index in [1.807, 2.05) is 0 Å². The summed E-state index contributed by atoms with van der Waals surface area (Å²) in [6.45, 7) is 0.0487. The van der Waals surface area contributed by atoms with Crippen LogP contribution in [0.4, 0.5) is 0 Å². The first kappa shape index (κ1) is 14.5. The molecular weight excluding hydrogens is 334 g/mol. The van der Waals surface area contributed by atoms with E-state index in [1.54, 1.807) is 0 Å². The number of aliphatic carboxylic acids is 1. The quantitative estimate of drug-likeness (QED) is 0.757. The Morgan fingerprint density at radius 3 is 2.80 bits per heavy atom. The van der Waals surface area contributed by atoms with E-state index in [0.29, 0.717) is 19.4 Å². The van der Waals surface area contributed by atoms with Crippen LogP contribution in [0.2, 0.25) is 0 Å². The first-order valence-corrected chi connectivity index (χ1v) is 6.71. The molecule has 2 rings (SSSR count). The number of aromatic amines is 1. The van der Waals surface area contributed by atoms with Crippen LogP contribution in [0.1, 0.15) is 12.8 Å². The van der Waals surface area contributed by atoms with Crippen molar-refractivity contribution in [2.24, 2.45) is 0 Å². The summed E-state index contributed by atoms with van der Waals surface area (Å²) in [4.78, 5) is 49.1. The molecule has 0 bridgehead atoms. The van der Waals surface area contributed by atoms with Gasteiger partial charge in [-0.25, -0.2) is 9.59 Å². The molecule has 9 heteroatoms. The molecule has 1 amide bonds. The van der Waals surface area contributed by atoms with Gasteiger partial charge in [0.05, 0.1) is 4.47 Å². The molecule has 0 saturated carbocycles. The minimum absolute atomic E-state index is 0.126. The van der Waals surface area contributed by atoms with E-state index in [4.69, 9.17) is 5.11 Å². The van der Waals surface area contributed by atoms with Crippen LogP contribution in [0, 0.1) is 0 Å². The van der Waals surface area contributed by atoms with Crippen LogP contribution in [-0.2, 0) is 16.1 Å². The molecule has 2 N–H and O–H groups in total. The number of carbonyl (C=O) groups excluding carboxylic acids is 1. The molecule has 8 nitrogen and oxygen atoms in total. The summed E-state index contributed by atoms with van der Waals surface area (Å²) in [6.07, 6.45) is 2.24. The van der Waals surface area contributed by atoms with Crippen LogP contribution >= 0.6 is 15.9 Å². The summed E-state index contributed by atoms with van der Waals surface area (Å²) in [5.41, 5.74) is -1.29. The number of nitrogens with zero attached hydrogens (tertiary/aromatic N) is 2. The van der Waals surface area contributed by atoms with Crippen LogP contribution in [0.3, 0.4) is 0 Å². The summed E-state index contributed by atoms with van der Waals surface area (Å²) in [7, 11) is 0. The Balaban J connectivity index is 2.20. The number of halogens is 1. The Morgan fingerprint density at radius 2 is 2.15 bits per heavy atom. The second-order valence-electron chi connectivity index (χ2n) is 4.45. The molecule has 0 spiro atoms. The van der Waals surface area contributed by atoms with E-state index in [9.17, 15) is 19.2 Å². The third-order valence-electron chi connectivity index (χ3n) is 3.13. The van der Waals surface area contributed by atoms with E-state index in [-0.39, 0.29) is 11.0 Å². The van der Waals surface area contributed by atoms with Gasteiger partial charge in [0, 0.05) is 12.7 Å². The zero-order valence-electron chi connectivity index (χ0n) is 10.3. The van der Waals surface area contributed by atoms with Crippen LogP contribution in [0.5, 0.6) is 0 Å². The van der Waals surface area contributed by atoms with Gasteiger partial charge in [-0.1, -0.05) is 0 Å². The predicted octanol–water partition coefficient (Wildman–Crippen LogP) is -0.625. The summed E-state index contributed by atoms with van der Waals surface area (Å²) < 4.78 is 1.16. The Morgan fingerprint density at radius 1 is 1.45 bits per heavy atom. The standard InChI is InChI=1S/C11H12BrN3O5/c12-6-4-14(11(20)13-9(6)17)5-8(16)15-3-1-2-7(15)10(18)19/h4,7H,1-3,5H2,(H,18,19)(H,13,17,20)/t7-/m0/s1. The fraction of sp³-hybridized carbons (Fsp3) is 0.455. The number of nitrogens with one attached hydrogen (secondary N) is 1. The van der Waals surface area contributed by atoms with Gasteiger partial charge < -0.3 is 10.0 Å². The molecule has 1 saturated heterocycles. The van der Waals surface area contributed by atoms with E-state index in [1.165, 1.54) is 11.1 Å². The molecule has 1 atom stereocenters. The lowest BCUT2D eigenvalue weighted by molar-refractivity contribution is -0.148. The maximum atomic E-state index is 12.1. The molecule has 1 aliphatic rings. The van der Waals surface area contributed by atoms with Gasteiger partial charge in [0.15, 0.2) is 0 Å². The van der Waals surface area contributed by atoms with Gasteiger partial charge in [-0.3, -0.25) is 19.1 Å². The fourth-order valence-corrected chi connectivity index (χ4v) is 2.50. The molecule has 0 unspecified atom stereocenters. The number of aromatic nitrogens is 2. The molecule has 0 aromatic carbocycles. The monoisotopic (exact) mass is 345 g/mol. The normalized spacial score (nSPS) is 18.2. The lowest BCUT2D eigenvalue weighted by Crippen LogP contribution is -2.43. The number of likely N-dealkylation sites (tertiary alicyclic amines) is 1. The predicted molar refractivity (Wildman–Crippen MR) is 71.4 cm³/mol. The molecule has 0 aliphatic carbocycles. The van der Waals surface area contributed by atoms with Crippen LogP contribution in [-0.4, -0.2) is 44.0 Å². The van der Waals surface area contributed by atoms with Crippen molar-refractivity contribution in [1.29, 1.82) is 0 Å². The average molecular weight is 346 g/mol. The fourth-order valence-electron chi connectivity index (χ4n) is 2.16. The summed E-state index contributed by atoms with van der Waals surface area (Å²) in [5.74, 6) is -1.51. The van der Waals surface area contributed by atoms with Crippen molar-refractivity contribution in [1.82, 2.24) is 14.5 Å². The third-order valence-corrected chi connectivity index (χ3v) is 3.70. The number of carboxylic acids is 1. The molecular formula is C11H12BrN3O5. The van der Waals surface area contributed by atoms with Gasteiger partial charge in [0.2, 0.25) is 5.91 Å². The molecule has 2 heterocycles. The van der Waals surface area contributed by atoms with Crippen LogP contribution in [0.15, 0.2) is 20.3 Å². The van der Waals surface area contributed by atoms with Crippen molar-refractivity contribution in [3.8, 4) is 0 Å². The average Bonchev–Trinajstić information content (AvgIpc) is 2.85. The topological polar surface area (TPSA) is 112 Å². The molecule has 1 aromatic heterocycles. The molecule has 108 valence electrons. The molecule has 1 fully saturated rings. The van der Waals surface area contributed by atoms with Gasteiger partial charge in [0.1, 0.15) is 12.6 Å². The van der Waals surface area contributed by atoms with Crippen LogP contribution < -0.4 is 11.2 Å². The second-order valence-corrected chi connectivity index (χ2v) is 5.30. The number of hydrogen-bond donors (Lipinski definition) is 2. The van der Waals surface area contributed by atoms with E-state index >= 15 is 0 Å². The van der Waals surface area contributed by atoms with E-state index in [2.05, 4.69) is 20.9 Å². The van der Waals surface area contributed by atoms with E-state index in [0.717, 1.165) is 4.57 Å². The SMILES string of the molecule is O=C(O)[C@@H]1CCCN1C(=O)Cn1cc(Br)c(=O)[nH]c1=O. The van der Waals surface area contributed by atoms with Crippen molar-refractivity contribution in [2.75, 3.05) is 6.54 Å². The Hall–Kier alpha value is -1.90. The van der Waals surface area contributed by atoms with Gasteiger partial charge in [-0.2, -0.15) is 0 Å². The summed E-state index contributed by atoms with van der Waals surface area (Å²) in [6, 6.07) is -0.843. The van der Waals surface area contributed by atoms with Crippen molar-refractivity contribution < 1.29 is 14.7 Å². The Bertz CT molecular complexity index is 665. The van der Waals surface area contributed by atoms with Crippen molar-refractivity contribution in [3.05, 3.63) is 31.5 Å². The second kappa shape index (κ2) is 5.61. The van der Waals surface area contributed by atoms with E-state index < -0.39 is 29.2 Å². The zero-order valence-corrected chi connectivity index (χ0v) is 11.9. The van der Waals surface area contributed by atoms with Gasteiger partial charge in [-0.05, 0) is 28.8 Å².